The van der Waals surface area contributed by atoms with E-state index in [0.717, 1.165) is 5.56 Å². The number of benzene rings is 1. The highest BCUT2D eigenvalue weighted by Crippen LogP contribution is 2.41. The molecule has 168 valence electrons. The molecule has 1 atom stereocenters. The summed E-state index contributed by atoms with van der Waals surface area (Å²) in [6.07, 6.45) is 0.224. The molecule has 1 aliphatic rings. The minimum absolute atomic E-state index is 0.0544. The van der Waals surface area contributed by atoms with Gasteiger partial charge in [0.2, 0.25) is 5.88 Å². The van der Waals surface area contributed by atoms with Crippen molar-refractivity contribution in [3.05, 3.63) is 59.3 Å². The number of carbonyl (C=O) groups is 1. The monoisotopic (exact) mass is 454 g/mol. The Balaban J connectivity index is 1.75. The predicted molar refractivity (Wildman–Crippen MR) is 110 cm³/mol. The Morgan fingerprint density at radius 2 is 2.03 bits per heavy atom. The van der Waals surface area contributed by atoms with Gasteiger partial charge < -0.3 is 14.4 Å². The standard InChI is InChI=1S/C21H24F2N2O5S/c1-29-19-16(7-10-31(27)28)11-17(12-24-19)18-13-25(9-8-21(18,22)23)20(26)30-14-15-5-3-2-4-6-15/h2-6,11-12,18,31H,7-10,13-14H2,1H3. The van der Waals surface area contributed by atoms with Gasteiger partial charge in [-0.15, -0.1) is 0 Å². The topological polar surface area (TPSA) is 85.8 Å². The van der Waals surface area contributed by atoms with Crippen molar-refractivity contribution >= 4 is 16.8 Å². The summed E-state index contributed by atoms with van der Waals surface area (Å²) in [7, 11) is -1.25. The molecule has 7 nitrogen and oxygen atoms in total. The number of amides is 1. The Kier molecular flexibility index (Phi) is 7.42. The first-order valence-corrected chi connectivity index (χ1v) is 11.1. The van der Waals surface area contributed by atoms with Gasteiger partial charge in [-0.05, 0) is 23.6 Å². The van der Waals surface area contributed by atoms with Crippen LogP contribution < -0.4 is 4.74 Å². The molecule has 2 heterocycles. The van der Waals surface area contributed by atoms with Gasteiger partial charge in [-0.1, -0.05) is 30.3 Å². The van der Waals surface area contributed by atoms with Crippen LogP contribution in [0, 0.1) is 0 Å². The molecule has 1 unspecified atom stereocenters. The van der Waals surface area contributed by atoms with Crippen molar-refractivity contribution in [2.24, 2.45) is 0 Å². The molecule has 1 aromatic heterocycles. The first kappa shape index (κ1) is 22.9. The largest absolute Gasteiger partial charge is 0.481 e. The number of aromatic nitrogens is 1. The van der Waals surface area contributed by atoms with Crippen LogP contribution in [-0.2, 0) is 28.5 Å². The number of methoxy groups -OCH3 is 1. The van der Waals surface area contributed by atoms with Gasteiger partial charge in [0.25, 0.3) is 5.92 Å². The highest BCUT2D eigenvalue weighted by atomic mass is 32.2. The van der Waals surface area contributed by atoms with E-state index in [4.69, 9.17) is 9.47 Å². The van der Waals surface area contributed by atoms with Crippen molar-refractivity contribution < 1.29 is 31.5 Å². The molecule has 1 aromatic carbocycles. The van der Waals surface area contributed by atoms with Crippen molar-refractivity contribution in [2.75, 3.05) is 26.0 Å². The van der Waals surface area contributed by atoms with Crippen molar-refractivity contribution in [1.82, 2.24) is 9.88 Å². The summed E-state index contributed by atoms with van der Waals surface area (Å²) >= 11 is 0. The van der Waals surface area contributed by atoms with Crippen LogP contribution in [0.3, 0.4) is 0 Å². The molecule has 0 saturated carbocycles. The second-order valence-electron chi connectivity index (χ2n) is 7.29. The molecule has 0 aliphatic carbocycles. The lowest BCUT2D eigenvalue weighted by molar-refractivity contribution is -0.0729. The second-order valence-corrected chi connectivity index (χ2v) is 8.41. The second kappa shape index (κ2) is 10.0. The Hall–Kier alpha value is -2.75. The third-order valence-electron chi connectivity index (χ3n) is 5.20. The van der Waals surface area contributed by atoms with Crippen molar-refractivity contribution in [2.45, 2.75) is 31.3 Å². The number of aryl methyl sites for hydroxylation is 1. The van der Waals surface area contributed by atoms with Crippen molar-refractivity contribution in [3.8, 4) is 5.88 Å². The molecule has 1 fully saturated rings. The zero-order chi connectivity index (χ0) is 22.4. The lowest BCUT2D eigenvalue weighted by Crippen LogP contribution is -2.48. The fraction of sp³-hybridized carbons (Fsp3) is 0.429. The van der Waals surface area contributed by atoms with Gasteiger partial charge in [-0.2, -0.15) is 0 Å². The minimum atomic E-state index is -3.05. The maximum atomic E-state index is 14.7. The molecule has 0 spiro atoms. The third kappa shape index (κ3) is 5.90. The number of hydrogen-bond donors (Lipinski definition) is 1. The molecule has 3 rings (SSSR count). The smallest absolute Gasteiger partial charge is 0.410 e. The summed E-state index contributed by atoms with van der Waals surface area (Å²) < 4.78 is 61.8. The number of rotatable bonds is 7. The van der Waals surface area contributed by atoms with E-state index >= 15 is 0 Å². The Bertz CT molecular complexity index is 977. The van der Waals surface area contributed by atoms with E-state index in [1.165, 1.54) is 24.3 Å². The first-order valence-electron chi connectivity index (χ1n) is 9.78. The van der Waals surface area contributed by atoms with Gasteiger partial charge in [-0.3, -0.25) is 0 Å². The van der Waals surface area contributed by atoms with Crippen LogP contribution >= 0.6 is 0 Å². The summed E-state index contributed by atoms with van der Waals surface area (Å²) in [4.78, 5) is 17.8. The number of hydrogen-bond acceptors (Lipinski definition) is 6. The molecule has 0 radical (unpaired) electrons. The number of nitrogens with zero attached hydrogens (tertiary/aromatic N) is 2. The molecule has 1 aliphatic heterocycles. The number of piperidine rings is 1. The van der Waals surface area contributed by atoms with Gasteiger partial charge in [0.15, 0.2) is 0 Å². The maximum Gasteiger partial charge on any atom is 0.410 e. The summed E-state index contributed by atoms with van der Waals surface area (Å²) in [6, 6.07) is 10.6. The van der Waals surface area contributed by atoms with E-state index in [-0.39, 0.29) is 43.3 Å². The van der Waals surface area contributed by atoms with E-state index in [9.17, 15) is 22.0 Å². The third-order valence-corrected chi connectivity index (χ3v) is 5.79. The number of halogens is 2. The zero-order valence-electron chi connectivity index (χ0n) is 17.0. The molecule has 0 N–H and O–H groups in total. The Labute approximate surface area is 180 Å². The minimum Gasteiger partial charge on any atom is -0.481 e. The maximum absolute atomic E-state index is 14.7. The molecule has 10 heteroatoms. The molecule has 1 amide bonds. The van der Waals surface area contributed by atoms with E-state index in [2.05, 4.69) is 4.98 Å². The van der Waals surface area contributed by atoms with E-state index in [1.807, 2.05) is 18.2 Å². The van der Waals surface area contributed by atoms with Gasteiger partial charge in [0, 0.05) is 31.3 Å². The molecule has 1 saturated heterocycles. The van der Waals surface area contributed by atoms with Crippen molar-refractivity contribution in [1.29, 1.82) is 0 Å². The predicted octanol–water partition coefficient (Wildman–Crippen LogP) is 3.01. The lowest BCUT2D eigenvalue weighted by Gasteiger charge is -2.38. The number of thiol groups is 1. The van der Waals surface area contributed by atoms with Crippen LogP contribution in [-0.4, -0.2) is 56.3 Å². The lowest BCUT2D eigenvalue weighted by atomic mass is 9.87. The normalized spacial score (nSPS) is 18.1. The number of pyridine rings is 1. The van der Waals surface area contributed by atoms with Crippen LogP contribution in [0.1, 0.15) is 29.0 Å². The van der Waals surface area contributed by atoms with Crippen molar-refractivity contribution in [3.63, 3.8) is 0 Å². The fourth-order valence-corrected chi connectivity index (χ4v) is 3.93. The van der Waals surface area contributed by atoms with Crippen LogP contribution in [0.4, 0.5) is 13.6 Å². The Morgan fingerprint density at radius 1 is 1.29 bits per heavy atom. The quantitative estimate of drug-likeness (QED) is 0.648. The van der Waals surface area contributed by atoms with Gasteiger partial charge in [-0.25, -0.2) is 27.0 Å². The fourth-order valence-electron chi connectivity index (χ4n) is 3.51. The molecular formula is C21H24F2N2O5S. The molecule has 0 bridgehead atoms. The van der Waals surface area contributed by atoms with Crippen LogP contribution in [0.25, 0.3) is 0 Å². The van der Waals surface area contributed by atoms with Crippen LogP contribution in [0.2, 0.25) is 0 Å². The average Bonchev–Trinajstić information content (AvgIpc) is 2.76. The molecular weight excluding hydrogens is 430 g/mol. The number of carbonyl (C=O) groups excluding carboxylic acids is 1. The average molecular weight is 454 g/mol. The van der Waals surface area contributed by atoms with E-state index < -0.39 is 35.1 Å². The Morgan fingerprint density at radius 3 is 2.71 bits per heavy atom. The zero-order valence-corrected chi connectivity index (χ0v) is 17.9. The first-order chi connectivity index (χ1) is 14.8. The summed E-state index contributed by atoms with van der Waals surface area (Å²) in [5.41, 5.74) is 1.46. The summed E-state index contributed by atoms with van der Waals surface area (Å²) in [5.74, 6) is -4.29. The number of alkyl halides is 2. The highest BCUT2D eigenvalue weighted by molar-refractivity contribution is 7.72. The number of likely N-dealkylation sites (tertiary alicyclic amines) is 1. The molecule has 2 aromatic rings. The van der Waals surface area contributed by atoms with Crippen LogP contribution in [0.15, 0.2) is 42.6 Å². The SMILES string of the molecule is COc1ncc(C2CN(C(=O)OCc3ccccc3)CCC2(F)F)cc1CC[SH](=O)=O. The van der Waals surface area contributed by atoms with E-state index in [0.29, 0.717) is 5.56 Å². The summed E-state index contributed by atoms with van der Waals surface area (Å²) in [5, 5.41) is 0. The van der Waals surface area contributed by atoms with Gasteiger partial charge >= 0.3 is 6.09 Å². The van der Waals surface area contributed by atoms with Gasteiger partial charge in [0.05, 0.1) is 18.8 Å². The number of ether oxygens (including phenoxy) is 2. The molecule has 31 heavy (non-hydrogen) atoms. The van der Waals surface area contributed by atoms with Gasteiger partial charge in [0.1, 0.15) is 17.3 Å². The highest BCUT2D eigenvalue weighted by Gasteiger charge is 2.46. The van der Waals surface area contributed by atoms with E-state index in [1.54, 1.807) is 12.1 Å². The van der Waals surface area contributed by atoms with Crippen LogP contribution in [0.5, 0.6) is 5.88 Å². The summed E-state index contributed by atoms with van der Waals surface area (Å²) in [6.45, 7) is -0.299.